The van der Waals surface area contributed by atoms with E-state index in [0.717, 1.165) is 9.80 Å². The van der Waals surface area contributed by atoms with Gasteiger partial charge in [0.2, 0.25) is 0 Å². The molecule has 1 N–H and O–H groups in total. The third-order valence-electron chi connectivity index (χ3n) is 4.53. The van der Waals surface area contributed by atoms with Crippen LogP contribution in [0, 0.1) is 0 Å². The molecular weight excluding hydrogens is 547 g/mol. The van der Waals surface area contributed by atoms with E-state index in [-0.39, 0.29) is 34.9 Å². The molecule has 2 unspecified atom stereocenters. The van der Waals surface area contributed by atoms with E-state index in [4.69, 9.17) is 38.3 Å². The van der Waals surface area contributed by atoms with E-state index in [1.807, 2.05) is 0 Å². The second kappa shape index (κ2) is 19.4. The summed E-state index contributed by atoms with van der Waals surface area (Å²) in [4.78, 5) is 2.08. The number of aryl methyl sites for hydroxylation is 2. The van der Waals surface area contributed by atoms with Crippen LogP contribution in [0.25, 0.3) is 0 Å². The van der Waals surface area contributed by atoms with Crippen molar-refractivity contribution in [2.24, 2.45) is 14.0 Å². The highest BCUT2D eigenvalue weighted by Crippen LogP contribution is 2.25. The van der Waals surface area contributed by atoms with Crippen LogP contribution >= 0.6 is 24.0 Å². The van der Waals surface area contributed by atoms with Gasteiger partial charge in [-0.1, -0.05) is 60.7 Å². The quantitative estimate of drug-likeness (QED) is 0.261. The number of ether oxygens (including phenoxy) is 1. The van der Waals surface area contributed by atoms with Gasteiger partial charge < -0.3 is 19.6 Å². The van der Waals surface area contributed by atoms with E-state index in [9.17, 15) is 5.11 Å². The number of aromatic nitrogens is 4. The van der Waals surface area contributed by atoms with Crippen molar-refractivity contribution in [3.63, 3.8) is 0 Å². The molecule has 0 aliphatic rings. The van der Waals surface area contributed by atoms with Crippen LogP contribution in [0.1, 0.15) is 56.6 Å². The Morgan fingerprint density at radius 2 is 1.35 bits per heavy atom. The number of aliphatic hydroxyl groups is 1. The minimum atomic E-state index is -2.96. The van der Waals surface area contributed by atoms with Crippen molar-refractivity contribution in [2.75, 3.05) is 53.6 Å². The number of rotatable bonds is 10. The Bertz CT molecular complexity index is 1800. The Balaban J connectivity index is 0.000000465. The van der Waals surface area contributed by atoms with Crippen molar-refractivity contribution in [3.8, 4) is 0 Å². The van der Waals surface area contributed by atoms with Gasteiger partial charge in [0.25, 0.3) is 0 Å². The predicted molar refractivity (Wildman–Crippen MR) is 166 cm³/mol. The number of nitrogens with zero attached hydrogens (tertiary/aromatic N) is 6. The van der Waals surface area contributed by atoms with Crippen molar-refractivity contribution in [1.82, 2.24) is 29.4 Å². The Morgan fingerprint density at radius 3 is 1.82 bits per heavy atom. The molecule has 0 saturated carbocycles. The number of alkyl halides is 1. The fourth-order valence-corrected chi connectivity index (χ4v) is 2.97. The lowest BCUT2D eigenvalue weighted by atomic mass is 10.1. The maximum Gasteiger partial charge on any atom is 0.124 e. The monoisotopic (exact) mass is 606 g/mol. The molecule has 8 nitrogen and oxygen atoms in total. The predicted octanol–water partition coefficient (Wildman–Crippen LogP) is 4.80. The maximum atomic E-state index is 10.2. The summed E-state index contributed by atoms with van der Waals surface area (Å²) < 4.78 is 129. The van der Waals surface area contributed by atoms with Gasteiger partial charge in [0.05, 0.1) is 23.4 Å². The average Bonchev–Trinajstić information content (AvgIpc) is 3.77. The first-order valence-corrected chi connectivity index (χ1v) is 11.8. The van der Waals surface area contributed by atoms with E-state index in [1.54, 1.807) is 48.5 Å². The van der Waals surface area contributed by atoms with E-state index >= 15 is 0 Å². The molecule has 0 fully saturated rings. The third-order valence-corrected chi connectivity index (χ3v) is 4.62. The summed E-state index contributed by atoms with van der Waals surface area (Å²) in [6.07, 6.45) is -2.08. The van der Waals surface area contributed by atoms with Gasteiger partial charge in [-0.25, -0.2) is 0 Å². The molecule has 0 bridgehead atoms. The highest BCUT2D eigenvalue weighted by Gasteiger charge is 2.17. The molecule has 0 radical (unpaired) electrons. The molecule has 2 aromatic carbocycles. The normalized spacial score (nSPS) is 21.6. The molecule has 2 heterocycles. The summed E-state index contributed by atoms with van der Waals surface area (Å²) in [5, 5.41) is 17.6. The van der Waals surface area contributed by atoms with Crippen molar-refractivity contribution in [1.29, 1.82) is 0 Å². The highest BCUT2D eigenvalue weighted by molar-refractivity contribution is 6.18. The van der Waals surface area contributed by atoms with Gasteiger partial charge in [-0.15, -0.1) is 24.0 Å². The second-order valence-electron chi connectivity index (χ2n) is 7.98. The van der Waals surface area contributed by atoms with Crippen LogP contribution in [0.2, 0.25) is 0 Å². The first-order valence-electron chi connectivity index (χ1n) is 19.4. The van der Waals surface area contributed by atoms with Crippen molar-refractivity contribution in [2.45, 2.75) is 12.2 Å². The van der Waals surface area contributed by atoms with E-state index in [2.05, 4.69) is 10.2 Å². The van der Waals surface area contributed by atoms with Gasteiger partial charge in [-0.05, 0) is 51.5 Å². The van der Waals surface area contributed by atoms with E-state index in [0.29, 0.717) is 9.36 Å². The molecule has 40 heavy (non-hydrogen) atoms. The molecule has 10 heteroatoms. The Kier molecular flexibility index (Phi) is 8.37. The largest absolute Gasteiger partial charge is 0.382 e. The number of hydrogen-bond acceptors (Lipinski definition) is 6. The van der Waals surface area contributed by atoms with Gasteiger partial charge in [0.1, 0.15) is 12.2 Å². The molecule has 2 aromatic heterocycles. The molecule has 0 spiro atoms. The van der Waals surface area contributed by atoms with Gasteiger partial charge in [-0.2, -0.15) is 10.2 Å². The summed E-state index contributed by atoms with van der Waals surface area (Å²) in [6.45, 7) is -12.9. The lowest BCUT2D eigenvalue weighted by Crippen LogP contribution is -2.20. The number of hydrogen-bond donors (Lipinski definition) is 1. The first kappa shape index (κ1) is 17.3. The standard InChI is InChI=1S/C15H21N3O.C11H12N2O.C4H10ClN.ClH/c1-17(2)11-12-19-15(13-7-5-4-6-8-13)14-9-10-16-18(14)3;1-13-10(7-8-12-13)11(14)9-5-3-2-4-6-9;1-6(2)4-3-5;/h4-10,15H,11-12H2,1-3H3;2-8,11,14H,1H3;3-4H2,1-2H3;1H/i3D3,11D2,12D2,15D;1D3,11D;3D2,4D2;. The van der Waals surface area contributed by atoms with E-state index < -0.39 is 51.5 Å². The lowest BCUT2D eigenvalue weighted by Gasteiger charge is -2.20. The second-order valence-corrected chi connectivity index (χ2v) is 8.17. The van der Waals surface area contributed by atoms with Crippen LogP contribution in [-0.4, -0.2) is 88.0 Å². The molecule has 0 saturated heterocycles. The van der Waals surface area contributed by atoms with Crippen molar-refractivity contribution >= 4 is 24.0 Å². The summed E-state index contributed by atoms with van der Waals surface area (Å²) in [5.41, 5.74) is 0.0891. The molecule has 220 valence electrons. The van der Waals surface area contributed by atoms with Crippen LogP contribution in [0.4, 0.5) is 0 Å². The number of halogens is 2. The van der Waals surface area contributed by atoms with Crippen LogP contribution in [0.5, 0.6) is 0 Å². The van der Waals surface area contributed by atoms with Gasteiger partial charge in [-0.3, -0.25) is 9.36 Å². The molecular formula is C30H44Cl2N6O2. The maximum absolute atomic E-state index is 10.2. The number of benzene rings is 2. The van der Waals surface area contributed by atoms with Crippen molar-refractivity contribution < 1.29 is 31.8 Å². The third kappa shape index (κ3) is 12.2. The Morgan fingerprint density at radius 1 is 0.850 bits per heavy atom. The topological polar surface area (TPSA) is 71.6 Å². The summed E-state index contributed by atoms with van der Waals surface area (Å²) in [5.74, 6) is -2.35. The Labute approximate surface area is 273 Å². The molecule has 0 amide bonds. The molecule has 4 rings (SSSR count). The van der Waals surface area contributed by atoms with Crippen LogP contribution in [0.15, 0.2) is 85.2 Å². The van der Waals surface area contributed by atoms with Crippen LogP contribution in [-0.2, 0) is 18.7 Å². The smallest absolute Gasteiger partial charge is 0.124 e. The zero-order valence-corrected chi connectivity index (χ0v) is 24.0. The SMILES string of the molecule is Cl.[2H]C(O)(c1ccccc1)c1ccnn1C([2H])([2H])[2H].[2H]C(OC([2H])([2H])C([2H])([2H])N(C)C)(c1ccccc1)c1ccnn1C([2H])([2H])[2H].[2H]C([2H])(Cl)C([2H])([2H])N(C)C. The summed E-state index contributed by atoms with van der Waals surface area (Å²) in [7, 11) is 5.53. The van der Waals surface area contributed by atoms with Crippen molar-refractivity contribution in [3.05, 3.63) is 108 Å². The molecule has 0 aliphatic heterocycles. The van der Waals surface area contributed by atoms with Gasteiger partial charge in [0.15, 0.2) is 0 Å². The molecule has 0 aliphatic carbocycles. The minimum absolute atomic E-state index is 0. The average molecular weight is 608 g/mol. The van der Waals surface area contributed by atoms with Gasteiger partial charge >= 0.3 is 0 Å². The summed E-state index contributed by atoms with van der Waals surface area (Å²) >= 11 is 5.14. The van der Waals surface area contributed by atoms with E-state index in [1.165, 1.54) is 64.8 Å². The zero-order chi connectivity index (χ0) is 42.6. The Hall–Kier alpha value is -2.72. The van der Waals surface area contributed by atoms with Crippen LogP contribution in [0.3, 0.4) is 0 Å². The zero-order valence-electron chi connectivity index (χ0n) is 38.4. The summed E-state index contributed by atoms with van der Waals surface area (Å²) in [6, 6.07) is 18.6. The fraction of sp³-hybridized carbons (Fsp3) is 0.400. The minimum Gasteiger partial charge on any atom is -0.382 e. The van der Waals surface area contributed by atoms with Crippen LogP contribution < -0.4 is 0 Å². The molecule has 4 aromatic rings. The molecule has 2 atom stereocenters. The first-order chi connectivity index (χ1) is 24.8. The van der Waals surface area contributed by atoms with Gasteiger partial charge in [0, 0.05) is 61.6 Å². The number of likely N-dealkylation sites (N-methyl/N-ethyl adjacent to an activating group) is 1. The lowest BCUT2D eigenvalue weighted by molar-refractivity contribution is 0.0638. The highest BCUT2D eigenvalue weighted by atomic mass is 35.5. The fourth-order valence-electron chi connectivity index (χ4n) is 2.80.